The molecule has 3 nitrogen and oxygen atoms in total. The van der Waals surface area contributed by atoms with Crippen LogP contribution in [0.5, 0.6) is 0 Å². The van der Waals surface area contributed by atoms with Crippen LogP contribution < -0.4 is 5.32 Å². The highest BCUT2D eigenvalue weighted by Gasteiger charge is 2.17. The van der Waals surface area contributed by atoms with Gasteiger partial charge in [0.15, 0.2) is 0 Å². The number of hydrogen-bond acceptors (Lipinski definition) is 3. The number of pyridine rings is 1. The Hall–Kier alpha value is -1.16. The van der Waals surface area contributed by atoms with Gasteiger partial charge in [0.25, 0.3) is 0 Å². The summed E-state index contributed by atoms with van der Waals surface area (Å²) in [4.78, 5) is 6.91. The molecule has 4 heteroatoms. The van der Waals surface area contributed by atoms with Crippen molar-refractivity contribution in [3.05, 3.63) is 41.0 Å². The van der Waals surface area contributed by atoms with Crippen LogP contribution >= 0.6 is 11.6 Å². The van der Waals surface area contributed by atoms with Gasteiger partial charge in [-0.15, -0.1) is 0 Å². The largest absolute Gasteiger partial charge is 0.312 e. The molecule has 1 atom stereocenters. The summed E-state index contributed by atoms with van der Waals surface area (Å²) < 4.78 is 0. The van der Waals surface area contributed by atoms with Crippen LogP contribution in [0, 0.1) is 0 Å². The van der Waals surface area contributed by atoms with E-state index in [2.05, 4.69) is 34.3 Å². The van der Waals surface area contributed by atoms with Gasteiger partial charge < -0.3 is 5.32 Å². The van der Waals surface area contributed by atoms with Gasteiger partial charge in [0.2, 0.25) is 0 Å². The van der Waals surface area contributed by atoms with E-state index in [1.54, 1.807) is 0 Å². The Balaban J connectivity index is 1.85. The number of rotatable bonds is 2. The highest BCUT2D eigenvalue weighted by atomic mass is 35.5. The molecular formula is C15H18ClN3. The van der Waals surface area contributed by atoms with Crippen LogP contribution in [-0.2, 0) is 6.54 Å². The van der Waals surface area contributed by atoms with Gasteiger partial charge in [-0.3, -0.25) is 4.90 Å². The topological polar surface area (TPSA) is 28.2 Å². The van der Waals surface area contributed by atoms with Crippen LogP contribution in [0.15, 0.2) is 30.3 Å². The van der Waals surface area contributed by atoms with Crippen LogP contribution in [0.1, 0.15) is 12.5 Å². The maximum atomic E-state index is 6.31. The lowest BCUT2D eigenvalue weighted by Gasteiger charge is -2.31. The summed E-state index contributed by atoms with van der Waals surface area (Å²) in [5, 5.41) is 5.24. The van der Waals surface area contributed by atoms with Crippen LogP contribution in [0.25, 0.3) is 10.9 Å². The summed E-state index contributed by atoms with van der Waals surface area (Å²) in [6.07, 6.45) is 0. The first-order valence-electron chi connectivity index (χ1n) is 6.72. The predicted molar refractivity (Wildman–Crippen MR) is 79.5 cm³/mol. The van der Waals surface area contributed by atoms with Gasteiger partial charge >= 0.3 is 0 Å². The fourth-order valence-electron chi connectivity index (χ4n) is 2.64. The van der Waals surface area contributed by atoms with Gasteiger partial charge in [0, 0.05) is 43.2 Å². The van der Waals surface area contributed by atoms with E-state index >= 15 is 0 Å². The highest BCUT2D eigenvalue weighted by Crippen LogP contribution is 2.22. The Morgan fingerprint density at radius 3 is 3.11 bits per heavy atom. The van der Waals surface area contributed by atoms with Crippen LogP contribution in [0.4, 0.5) is 0 Å². The second-order valence-corrected chi connectivity index (χ2v) is 5.58. The number of aromatic nitrogens is 1. The van der Waals surface area contributed by atoms with E-state index in [9.17, 15) is 0 Å². The van der Waals surface area contributed by atoms with Crippen LogP contribution in [-0.4, -0.2) is 35.6 Å². The first-order valence-corrected chi connectivity index (χ1v) is 7.10. The smallest absolute Gasteiger partial charge is 0.134 e. The SMILES string of the molecule is C[C@H]1CN(Cc2cc3ccccc3nc2Cl)CCN1. The number of nitrogens with one attached hydrogen (secondary N) is 1. The van der Waals surface area contributed by atoms with Crippen molar-refractivity contribution >= 4 is 22.5 Å². The fourth-order valence-corrected chi connectivity index (χ4v) is 2.85. The number of piperazine rings is 1. The zero-order valence-electron chi connectivity index (χ0n) is 11.1. The Morgan fingerprint density at radius 2 is 2.26 bits per heavy atom. The highest BCUT2D eigenvalue weighted by molar-refractivity contribution is 6.30. The van der Waals surface area contributed by atoms with E-state index in [1.807, 2.05) is 18.2 Å². The van der Waals surface area contributed by atoms with Gasteiger partial charge in [0.1, 0.15) is 5.15 Å². The number of fused-ring (bicyclic) bond motifs is 1. The standard InChI is InChI=1S/C15H18ClN3/c1-11-9-19(7-6-17-11)10-13-8-12-4-2-3-5-14(12)18-15(13)16/h2-5,8,11,17H,6-7,9-10H2,1H3/t11-/m0/s1. The zero-order valence-corrected chi connectivity index (χ0v) is 11.8. The molecule has 2 heterocycles. The average molecular weight is 276 g/mol. The van der Waals surface area contributed by atoms with E-state index in [1.165, 1.54) is 0 Å². The monoisotopic (exact) mass is 275 g/mol. The lowest BCUT2D eigenvalue weighted by molar-refractivity contribution is 0.199. The summed E-state index contributed by atoms with van der Waals surface area (Å²) in [7, 11) is 0. The quantitative estimate of drug-likeness (QED) is 0.854. The third-order valence-electron chi connectivity index (χ3n) is 3.60. The molecule has 0 bridgehead atoms. The number of benzene rings is 1. The summed E-state index contributed by atoms with van der Waals surface area (Å²) >= 11 is 6.31. The summed E-state index contributed by atoms with van der Waals surface area (Å²) in [5.41, 5.74) is 2.08. The number of nitrogens with zero attached hydrogens (tertiary/aromatic N) is 2. The maximum absolute atomic E-state index is 6.31. The number of para-hydroxylation sites is 1. The molecular weight excluding hydrogens is 258 g/mol. The van der Waals surface area contributed by atoms with Crippen molar-refractivity contribution in [2.45, 2.75) is 19.5 Å². The molecule has 1 fully saturated rings. The molecule has 1 aromatic heterocycles. The lowest BCUT2D eigenvalue weighted by atomic mass is 10.1. The fraction of sp³-hybridized carbons (Fsp3) is 0.400. The molecule has 0 aliphatic carbocycles. The van der Waals surface area contributed by atoms with Gasteiger partial charge in [-0.25, -0.2) is 4.98 Å². The zero-order chi connectivity index (χ0) is 13.2. The van der Waals surface area contributed by atoms with Crippen molar-refractivity contribution in [3.63, 3.8) is 0 Å². The summed E-state index contributed by atoms with van der Waals surface area (Å²) in [6.45, 7) is 6.26. The van der Waals surface area contributed by atoms with Crippen molar-refractivity contribution in [2.75, 3.05) is 19.6 Å². The third kappa shape index (κ3) is 2.89. The van der Waals surface area contributed by atoms with E-state index in [0.29, 0.717) is 11.2 Å². The molecule has 19 heavy (non-hydrogen) atoms. The molecule has 1 aliphatic rings. The van der Waals surface area contributed by atoms with E-state index < -0.39 is 0 Å². The van der Waals surface area contributed by atoms with Crippen LogP contribution in [0.3, 0.4) is 0 Å². The molecule has 0 saturated carbocycles. The molecule has 100 valence electrons. The maximum Gasteiger partial charge on any atom is 0.134 e. The third-order valence-corrected chi connectivity index (χ3v) is 3.92. The van der Waals surface area contributed by atoms with Gasteiger partial charge in [-0.1, -0.05) is 29.8 Å². The molecule has 1 saturated heterocycles. The molecule has 3 rings (SSSR count). The summed E-state index contributed by atoms with van der Waals surface area (Å²) in [6, 6.07) is 10.8. The van der Waals surface area contributed by atoms with Crippen molar-refractivity contribution in [2.24, 2.45) is 0 Å². The molecule has 0 amide bonds. The van der Waals surface area contributed by atoms with Gasteiger partial charge in [0.05, 0.1) is 5.52 Å². The average Bonchev–Trinajstić information content (AvgIpc) is 2.40. The Labute approximate surface area is 118 Å². The second-order valence-electron chi connectivity index (χ2n) is 5.22. The van der Waals surface area contributed by atoms with Gasteiger partial charge in [-0.05, 0) is 19.1 Å². The number of hydrogen-bond donors (Lipinski definition) is 1. The minimum absolute atomic E-state index is 0.543. The summed E-state index contributed by atoms with van der Waals surface area (Å²) in [5.74, 6) is 0. The van der Waals surface area contributed by atoms with Gasteiger partial charge in [-0.2, -0.15) is 0 Å². The lowest BCUT2D eigenvalue weighted by Crippen LogP contribution is -2.48. The molecule has 1 N–H and O–H groups in total. The molecule has 1 aromatic carbocycles. The van der Waals surface area contributed by atoms with Crippen molar-refractivity contribution in [1.29, 1.82) is 0 Å². The van der Waals surface area contributed by atoms with E-state index in [-0.39, 0.29) is 0 Å². The first kappa shape index (κ1) is 12.9. The first-order chi connectivity index (χ1) is 9.22. The molecule has 0 radical (unpaired) electrons. The minimum atomic E-state index is 0.543. The Morgan fingerprint density at radius 1 is 1.42 bits per heavy atom. The second kappa shape index (κ2) is 5.45. The minimum Gasteiger partial charge on any atom is -0.312 e. The van der Waals surface area contributed by atoms with Crippen molar-refractivity contribution < 1.29 is 0 Å². The molecule has 0 spiro atoms. The Kier molecular flexibility index (Phi) is 3.69. The normalized spacial score (nSPS) is 20.8. The van der Waals surface area contributed by atoms with E-state index in [0.717, 1.165) is 42.6 Å². The Bertz CT molecular complexity index is 585. The predicted octanol–water partition coefficient (Wildman–Crippen LogP) is 2.68. The molecule has 1 aliphatic heterocycles. The molecule has 2 aromatic rings. The van der Waals surface area contributed by atoms with Crippen LogP contribution in [0.2, 0.25) is 5.15 Å². The number of halogens is 1. The van der Waals surface area contributed by atoms with Crippen molar-refractivity contribution in [3.8, 4) is 0 Å². The van der Waals surface area contributed by atoms with Crippen molar-refractivity contribution in [1.82, 2.24) is 15.2 Å². The molecule has 0 unspecified atom stereocenters. The van der Waals surface area contributed by atoms with E-state index in [4.69, 9.17) is 11.6 Å².